The summed E-state index contributed by atoms with van der Waals surface area (Å²) >= 11 is 0. The van der Waals surface area contributed by atoms with Crippen LogP contribution in [-0.4, -0.2) is 11.9 Å². The number of carbonyl (C=O) groups is 2. The van der Waals surface area contributed by atoms with Crippen molar-refractivity contribution >= 4 is 17.6 Å². The Morgan fingerprint density at radius 3 is 1.74 bits per heavy atom. The van der Waals surface area contributed by atoms with Crippen LogP contribution in [0, 0.1) is 0 Å². The Bertz CT molecular complexity index is 824. The molecule has 2 rings (SSSR count). The molecule has 0 atom stereocenters. The Morgan fingerprint density at radius 2 is 1.33 bits per heavy atom. The van der Waals surface area contributed by atoms with Crippen molar-refractivity contribution in [2.45, 2.75) is 19.3 Å². The van der Waals surface area contributed by atoms with Gasteiger partial charge < -0.3 is 10.1 Å². The molecule has 2 aromatic carbocycles. The summed E-state index contributed by atoms with van der Waals surface area (Å²) in [7, 11) is 0. The van der Waals surface area contributed by atoms with E-state index in [1.54, 1.807) is 0 Å². The molecular formula is C17H11F6NO3. The van der Waals surface area contributed by atoms with Crippen molar-refractivity contribution in [3.63, 3.8) is 0 Å². The maximum absolute atomic E-state index is 12.8. The van der Waals surface area contributed by atoms with Crippen LogP contribution < -0.4 is 10.1 Å². The predicted molar refractivity (Wildman–Crippen MR) is 82.2 cm³/mol. The molecule has 0 aliphatic rings. The average Bonchev–Trinajstić information content (AvgIpc) is 2.53. The molecule has 0 radical (unpaired) electrons. The van der Waals surface area contributed by atoms with E-state index in [-0.39, 0.29) is 17.4 Å². The molecule has 1 N–H and O–H groups in total. The topological polar surface area (TPSA) is 55.4 Å². The third-order valence-corrected chi connectivity index (χ3v) is 3.22. The fourth-order valence-corrected chi connectivity index (χ4v) is 2.07. The molecule has 10 heteroatoms. The molecule has 0 bridgehead atoms. The molecule has 0 aliphatic carbocycles. The van der Waals surface area contributed by atoms with Crippen LogP contribution in [0.25, 0.3) is 0 Å². The van der Waals surface area contributed by atoms with Crippen LogP contribution in [0.4, 0.5) is 32.0 Å². The lowest BCUT2D eigenvalue weighted by Crippen LogP contribution is -2.16. The monoisotopic (exact) mass is 391 g/mol. The lowest BCUT2D eigenvalue weighted by molar-refractivity contribution is -0.143. The molecule has 0 saturated heterocycles. The summed E-state index contributed by atoms with van der Waals surface area (Å²) in [5, 5.41) is 2.00. The Morgan fingerprint density at radius 1 is 0.852 bits per heavy atom. The third-order valence-electron chi connectivity index (χ3n) is 3.22. The van der Waals surface area contributed by atoms with Gasteiger partial charge >= 0.3 is 18.3 Å². The zero-order valence-corrected chi connectivity index (χ0v) is 13.5. The molecule has 0 aromatic heterocycles. The second-order valence-electron chi connectivity index (χ2n) is 5.37. The SMILES string of the molecule is CC(=O)Oc1ccc(C(=O)Nc2cc(C(F)(F)F)cc(C(F)(F)F)c2)cc1. The molecule has 0 aliphatic heterocycles. The summed E-state index contributed by atoms with van der Waals surface area (Å²) in [6, 6.07) is 5.68. The van der Waals surface area contributed by atoms with Gasteiger partial charge in [0.15, 0.2) is 0 Å². The second kappa shape index (κ2) is 7.29. The highest BCUT2D eigenvalue weighted by molar-refractivity contribution is 6.04. The minimum atomic E-state index is -5.02. The van der Waals surface area contributed by atoms with Crippen molar-refractivity contribution in [2.24, 2.45) is 0 Å². The fraction of sp³-hybridized carbons (Fsp3) is 0.176. The van der Waals surface area contributed by atoms with Gasteiger partial charge in [-0.2, -0.15) is 26.3 Å². The van der Waals surface area contributed by atoms with E-state index in [0.717, 1.165) is 6.92 Å². The maximum Gasteiger partial charge on any atom is 0.416 e. The smallest absolute Gasteiger partial charge is 0.416 e. The lowest BCUT2D eigenvalue weighted by atomic mass is 10.1. The molecular weight excluding hydrogens is 380 g/mol. The average molecular weight is 391 g/mol. The fourth-order valence-electron chi connectivity index (χ4n) is 2.07. The van der Waals surface area contributed by atoms with Crippen LogP contribution in [0.2, 0.25) is 0 Å². The number of benzene rings is 2. The summed E-state index contributed by atoms with van der Waals surface area (Å²) in [4.78, 5) is 22.9. The van der Waals surface area contributed by atoms with E-state index in [0.29, 0.717) is 12.1 Å². The highest BCUT2D eigenvalue weighted by Crippen LogP contribution is 2.37. The van der Waals surface area contributed by atoms with E-state index in [9.17, 15) is 35.9 Å². The molecule has 144 valence electrons. The van der Waals surface area contributed by atoms with E-state index in [4.69, 9.17) is 4.74 Å². The number of rotatable bonds is 3. The Labute approximate surface area is 148 Å². The first-order chi connectivity index (χ1) is 12.4. The number of amides is 1. The molecule has 2 aromatic rings. The van der Waals surface area contributed by atoms with Crippen molar-refractivity contribution in [1.29, 1.82) is 0 Å². The van der Waals surface area contributed by atoms with Gasteiger partial charge in [0.05, 0.1) is 11.1 Å². The number of hydrogen-bond acceptors (Lipinski definition) is 3. The van der Waals surface area contributed by atoms with Crippen LogP contribution >= 0.6 is 0 Å². The first-order valence-corrected chi connectivity index (χ1v) is 7.25. The van der Waals surface area contributed by atoms with Crippen molar-refractivity contribution in [3.05, 3.63) is 59.2 Å². The standard InChI is InChI=1S/C17H11F6NO3/c1-9(25)27-14-4-2-10(3-5-14)15(26)24-13-7-11(16(18,19)20)6-12(8-13)17(21,22)23/h2-8H,1H3,(H,24,26). The zero-order chi connectivity index (χ0) is 20.4. The van der Waals surface area contributed by atoms with Gasteiger partial charge in [0.25, 0.3) is 5.91 Å². The van der Waals surface area contributed by atoms with Gasteiger partial charge in [-0.25, -0.2) is 0 Å². The van der Waals surface area contributed by atoms with Gasteiger partial charge in [0.1, 0.15) is 5.75 Å². The summed E-state index contributed by atoms with van der Waals surface area (Å²) in [5.41, 5.74) is -3.81. The molecule has 0 unspecified atom stereocenters. The Hall–Kier alpha value is -3.04. The van der Waals surface area contributed by atoms with Crippen LogP contribution in [-0.2, 0) is 17.1 Å². The number of hydrogen-bond donors (Lipinski definition) is 1. The van der Waals surface area contributed by atoms with E-state index in [2.05, 4.69) is 0 Å². The van der Waals surface area contributed by atoms with Crippen LogP contribution in [0.3, 0.4) is 0 Å². The van der Waals surface area contributed by atoms with E-state index in [1.165, 1.54) is 24.3 Å². The van der Waals surface area contributed by atoms with E-state index < -0.39 is 41.0 Å². The molecule has 0 saturated carbocycles. The highest BCUT2D eigenvalue weighted by Gasteiger charge is 2.37. The number of carbonyl (C=O) groups excluding carboxylic acids is 2. The summed E-state index contributed by atoms with van der Waals surface area (Å²) in [6.45, 7) is 1.16. The van der Waals surface area contributed by atoms with Crippen LogP contribution in [0.1, 0.15) is 28.4 Å². The molecule has 4 nitrogen and oxygen atoms in total. The Balaban J connectivity index is 2.30. The first-order valence-electron chi connectivity index (χ1n) is 7.25. The predicted octanol–water partition coefficient (Wildman–Crippen LogP) is 4.90. The molecule has 0 heterocycles. The van der Waals surface area contributed by atoms with Crippen molar-refractivity contribution in [3.8, 4) is 5.75 Å². The van der Waals surface area contributed by atoms with Crippen molar-refractivity contribution in [2.75, 3.05) is 5.32 Å². The maximum atomic E-state index is 12.8. The van der Waals surface area contributed by atoms with Gasteiger partial charge in [0.2, 0.25) is 0 Å². The largest absolute Gasteiger partial charge is 0.427 e. The molecule has 27 heavy (non-hydrogen) atoms. The van der Waals surface area contributed by atoms with Gasteiger partial charge in [-0.3, -0.25) is 9.59 Å². The van der Waals surface area contributed by atoms with Gasteiger partial charge in [0, 0.05) is 18.2 Å². The number of halogens is 6. The van der Waals surface area contributed by atoms with E-state index >= 15 is 0 Å². The first kappa shape index (κ1) is 20.3. The zero-order valence-electron chi connectivity index (χ0n) is 13.5. The summed E-state index contributed by atoms with van der Waals surface area (Å²) in [5.74, 6) is -1.41. The van der Waals surface area contributed by atoms with Crippen molar-refractivity contribution in [1.82, 2.24) is 0 Å². The van der Waals surface area contributed by atoms with Gasteiger partial charge in [-0.1, -0.05) is 0 Å². The third kappa shape index (κ3) is 5.47. The number of ether oxygens (including phenoxy) is 1. The lowest BCUT2D eigenvalue weighted by Gasteiger charge is -2.15. The number of alkyl halides is 6. The normalized spacial score (nSPS) is 11.8. The number of nitrogens with one attached hydrogen (secondary N) is 1. The van der Waals surface area contributed by atoms with Crippen LogP contribution in [0.5, 0.6) is 5.75 Å². The highest BCUT2D eigenvalue weighted by atomic mass is 19.4. The summed E-state index contributed by atoms with van der Waals surface area (Å²) < 4.78 is 81.7. The minimum absolute atomic E-state index is 0.0381. The Kier molecular flexibility index (Phi) is 5.48. The minimum Gasteiger partial charge on any atom is -0.427 e. The van der Waals surface area contributed by atoms with Gasteiger partial charge in [-0.15, -0.1) is 0 Å². The van der Waals surface area contributed by atoms with Gasteiger partial charge in [-0.05, 0) is 42.5 Å². The second-order valence-corrected chi connectivity index (χ2v) is 5.37. The molecule has 0 fully saturated rings. The molecule has 1 amide bonds. The van der Waals surface area contributed by atoms with Crippen LogP contribution in [0.15, 0.2) is 42.5 Å². The number of anilines is 1. The molecule has 0 spiro atoms. The van der Waals surface area contributed by atoms with Crippen molar-refractivity contribution < 1.29 is 40.7 Å². The number of esters is 1. The summed E-state index contributed by atoms with van der Waals surface area (Å²) in [6.07, 6.45) is -10.0. The van der Waals surface area contributed by atoms with E-state index in [1.807, 2.05) is 5.32 Å². The quantitative estimate of drug-likeness (QED) is 0.460.